The van der Waals surface area contributed by atoms with Crippen molar-refractivity contribution in [2.45, 2.75) is 240 Å². The van der Waals surface area contributed by atoms with Crippen molar-refractivity contribution in [3.05, 3.63) is 0 Å². The Labute approximate surface area is 431 Å². The molecule has 16 nitrogen and oxygen atoms in total. The first-order chi connectivity index (χ1) is 33.7. The zero-order valence-corrected chi connectivity index (χ0v) is 46.2. The van der Waals surface area contributed by atoms with Crippen molar-refractivity contribution in [1.82, 2.24) is 36.4 Å². The molecule has 412 valence electrons. The van der Waals surface area contributed by atoms with Crippen LogP contribution in [0.2, 0.25) is 0 Å². The molecule has 0 unspecified atom stereocenters. The van der Waals surface area contributed by atoms with Gasteiger partial charge in [0.1, 0.15) is 6.04 Å². The van der Waals surface area contributed by atoms with Gasteiger partial charge < -0.3 is 47.9 Å². The van der Waals surface area contributed by atoms with Crippen LogP contribution in [0, 0.1) is 23.7 Å². The summed E-state index contributed by atoms with van der Waals surface area (Å²) in [4.78, 5) is 93.5. The van der Waals surface area contributed by atoms with E-state index < -0.39 is 6.04 Å². The molecule has 0 heterocycles. The van der Waals surface area contributed by atoms with Crippen LogP contribution in [-0.2, 0) is 33.6 Å². The van der Waals surface area contributed by atoms with Gasteiger partial charge in [0.25, 0.3) is 0 Å². The molecular weight excluding hydrogens is 899 g/mol. The SMILES string of the molecule is CC(C)CC(=O)N(CC(=O)NCCCCCCCC(=O)NCCCC[C@H](NC(=O)CCCCCCCNC(=O)CN(C[C@@H](N)CC(C)C)C(=O)CC(C)C)C(=O)NC1CCCCCC1)C[C@@H](N)CC(C)C. The minimum absolute atomic E-state index is 0.0118. The van der Waals surface area contributed by atoms with Gasteiger partial charge in [0.15, 0.2) is 0 Å². The molecule has 0 aromatic rings. The number of nitrogens with zero attached hydrogens (tertiary/aromatic N) is 2. The Morgan fingerprint density at radius 2 is 0.873 bits per heavy atom. The molecule has 3 atom stereocenters. The van der Waals surface area contributed by atoms with Gasteiger partial charge in [-0.2, -0.15) is 0 Å². The standard InChI is InChI=1S/C55H105N9O7/c1-41(2)33-45(56)37-63(53(69)35-43(5)6)39-51(67)59-30-22-15-9-11-19-28-49(65)58-32-24-21-27-48(55(71)61-47-25-17-13-14-18-26-47)62-50(66)29-20-12-10-16-23-31-60-52(68)40-64(54(70)36-44(7)8)38-46(57)34-42(3)4/h41-48H,9-40,56-57H2,1-8H3,(H,58,65)(H,59,67)(H,60,68)(H,61,71)(H,62,66)/t45-,46-,48-/m0/s1. The Kier molecular flexibility index (Phi) is 36.5. The molecular formula is C55H105N9O7. The summed E-state index contributed by atoms with van der Waals surface area (Å²) in [6, 6.07) is -0.826. The van der Waals surface area contributed by atoms with Crippen molar-refractivity contribution in [2.75, 3.05) is 45.8 Å². The lowest BCUT2D eigenvalue weighted by Crippen LogP contribution is -2.49. The molecule has 0 aliphatic heterocycles. The highest BCUT2D eigenvalue weighted by Crippen LogP contribution is 2.18. The zero-order chi connectivity index (χ0) is 53.0. The summed E-state index contributed by atoms with van der Waals surface area (Å²) >= 11 is 0. The van der Waals surface area contributed by atoms with E-state index in [4.69, 9.17) is 11.5 Å². The lowest BCUT2D eigenvalue weighted by Gasteiger charge is -2.27. The predicted molar refractivity (Wildman–Crippen MR) is 287 cm³/mol. The van der Waals surface area contributed by atoms with Crippen LogP contribution in [0.25, 0.3) is 0 Å². The predicted octanol–water partition coefficient (Wildman–Crippen LogP) is 7.01. The van der Waals surface area contributed by atoms with E-state index >= 15 is 0 Å². The first-order valence-corrected chi connectivity index (χ1v) is 28.2. The molecule has 0 aromatic carbocycles. The second-order valence-electron chi connectivity index (χ2n) is 22.4. The molecule has 0 spiro atoms. The first kappa shape index (κ1) is 65.2. The number of unbranched alkanes of at least 4 members (excludes halogenated alkanes) is 9. The van der Waals surface area contributed by atoms with Crippen molar-refractivity contribution in [2.24, 2.45) is 35.1 Å². The van der Waals surface area contributed by atoms with Gasteiger partial charge in [0.2, 0.25) is 41.4 Å². The number of carbonyl (C=O) groups is 7. The maximum absolute atomic E-state index is 13.5. The van der Waals surface area contributed by atoms with E-state index in [1.165, 1.54) is 12.8 Å². The van der Waals surface area contributed by atoms with Crippen LogP contribution in [0.4, 0.5) is 0 Å². The summed E-state index contributed by atoms with van der Waals surface area (Å²) in [6.07, 6.45) is 20.1. The van der Waals surface area contributed by atoms with Crippen LogP contribution in [0.5, 0.6) is 0 Å². The number of hydrogen-bond acceptors (Lipinski definition) is 9. The largest absolute Gasteiger partial charge is 0.356 e. The van der Waals surface area contributed by atoms with Crippen LogP contribution in [0.1, 0.15) is 216 Å². The number of amides is 7. The molecule has 7 amide bonds. The molecule has 9 N–H and O–H groups in total. The lowest BCUT2D eigenvalue weighted by atomic mass is 10.0. The minimum atomic E-state index is -0.618. The Bertz CT molecular complexity index is 1500. The van der Waals surface area contributed by atoms with E-state index in [1.807, 2.05) is 27.7 Å². The second kappa shape index (κ2) is 39.7. The van der Waals surface area contributed by atoms with E-state index in [9.17, 15) is 33.6 Å². The maximum Gasteiger partial charge on any atom is 0.242 e. The summed E-state index contributed by atoms with van der Waals surface area (Å²) in [6.45, 7) is 18.7. The summed E-state index contributed by atoms with van der Waals surface area (Å²) in [5.41, 5.74) is 12.6. The van der Waals surface area contributed by atoms with E-state index in [1.54, 1.807) is 9.80 Å². The average molecular weight is 1000 g/mol. The van der Waals surface area contributed by atoms with Gasteiger partial charge in [0, 0.05) is 76.5 Å². The highest BCUT2D eigenvalue weighted by molar-refractivity contribution is 5.88. The monoisotopic (exact) mass is 1000 g/mol. The molecule has 1 saturated carbocycles. The fourth-order valence-electron chi connectivity index (χ4n) is 9.24. The maximum atomic E-state index is 13.5. The fourth-order valence-corrected chi connectivity index (χ4v) is 9.24. The number of hydrogen-bond donors (Lipinski definition) is 7. The van der Waals surface area contributed by atoms with E-state index in [2.05, 4.69) is 54.3 Å². The van der Waals surface area contributed by atoms with Crippen molar-refractivity contribution < 1.29 is 33.6 Å². The first-order valence-electron chi connectivity index (χ1n) is 28.2. The third kappa shape index (κ3) is 35.9. The van der Waals surface area contributed by atoms with Crippen LogP contribution < -0.4 is 38.1 Å². The number of nitrogens with one attached hydrogen (secondary N) is 5. The van der Waals surface area contributed by atoms with Crippen molar-refractivity contribution >= 4 is 41.4 Å². The van der Waals surface area contributed by atoms with Crippen LogP contribution in [-0.4, -0.2) is 121 Å². The van der Waals surface area contributed by atoms with Gasteiger partial charge in [-0.25, -0.2) is 0 Å². The summed E-state index contributed by atoms with van der Waals surface area (Å²) in [5, 5.41) is 15.2. The highest BCUT2D eigenvalue weighted by Gasteiger charge is 2.25. The normalized spacial score (nSPS) is 14.5. The molecule has 0 aromatic heterocycles. The zero-order valence-electron chi connectivity index (χ0n) is 46.2. The highest BCUT2D eigenvalue weighted by atomic mass is 16.2. The quantitative estimate of drug-likeness (QED) is 0.0247. The van der Waals surface area contributed by atoms with Gasteiger partial charge in [0.05, 0.1) is 13.1 Å². The Morgan fingerprint density at radius 1 is 0.479 bits per heavy atom. The molecule has 16 heteroatoms. The van der Waals surface area contributed by atoms with Crippen LogP contribution in [0.15, 0.2) is 0 Å². The van der Waals surface area contributed by atoms with Crippen molar-refractivity contribution in [3.8, 4) is 0 Å². The fraction of sp³-hybridized carbons (Fsp3) is 0.873. The van der Waals surface area contributed by atoms with E-state index in [0.29, 0.717) is 95.9 Å². The molecule has 1 rings (SSSR count). The molecule has 0 radical (unpaired) electrons. The van der Waals surface area contributed by atoms with Crippen molar-refractivity contribution in [1.29, 1.82) is 0 Å². The van der Waals surface area contributed by atoms with Gasteiger partial charge >= 0.3 is 0 Å². The lowest BCUT2D eigenvalue weighted by molar-refractivity contribution is -0.137. The number of nitrogens with two attached hydrogens (primary N) is 2. The number of carbonyl (C=O) groups excluding carboxylic acids is 7. The van der Waals surface area contributed by atoms with Crippen LogP contribution in [0.3, 0.4) is 0 Å². The molecule has 1 fully saturated rings. The van der Waals surface area contributed by atoms with Gasteiger partial charge in [-0.1, -0.05) is 120 Å². The van der Waals surface area contributed by atoms with Gasteiger partial charge in [-0.3, -0.25) is 33.6 Å². The number of rotatable bonds is 40. The third-order valence-corrected chi connectivity index (χ3v) is 12.9. The molecule has 71 heavy (non-hydrogen) atoms. The second-order valence-corrected chi connectivity index (χ2v) is 22.4. The van der Waals surface area contributed by atoms with Crippen molar-refractivity contribution in [3.63, 3.8) is 0 Å². The van der Waals surface area contributed by atoms with E-state index in [-0.39, 0.29) is 84.4 Å². The summed E-state index contributed by atoms with van der Waals surface area (Å²) in [7, 11) is 0. The molecule has 1 aliphatic rings. The smallest absolute Gasteiger partial charge is 0.242 e. The van der Waals surface area contributed by atoms with Gasteiger partial charge in [-0.05, 0) is 94.3 Å². The Hall–Kier alpha value is -3.79. The topological polar surface area (TPSA) is 238 Å². The average Bonchev–Trinajstić information content (AvgIpc) is 3.54. The summed E-state index contributed by atoms with van der Waals surface area (Å²) in [5.74, 6) is 0.553. The minimum Gasteiger partial charge on any atom is -0.356 e. The molecule has 0 saturated heterocycles. The third-order valence-electron chi connectivity index (χ3n) is 12.9. The van der Waals surface area contributed by atoms with Gasteiger partial charge in [-0.15, -0.1) is 0 Å². The molecule has 0 bridgehead atoms. The van der Waals surface area contributed by atoms with E-state index in [0.717, 1.165) is 96.3 Å². The summed E-state index contributed by atoms with van der Waals surface area (Å²) < 4.78 is 0. The Morgan fingerprint density at radius 3 is 1.31 bits per heavy atom. The Balaban J connectivity index is 2.39. The van der Waals surface area contributed by atoms with Crippen LogP contribution >= 0.6 is 0 Å². The molecule has 1 aliphatic carbocycles.